The second-order valence-electron chi connectivity index (χ2n) is 7.86. The number of pyridine rings is 1. The molecular formula is C20H28N4O2. The van der Waals surface area contributed by atoms with Gasteiger partial charge in [0.05, 0.1) is 11.9 Å². The molecule has 0 aliphatic carbocycles. The van der Waals surface area contributed by atoms with Crippen molar-refractivity contribution in [1.29, 1.82) is 0 Å². The summed E-state index contributed by atoms with van der Waals surface area (Å²) in [7, 11) is 1.81. The first-order valence-electron chi connectivity index (χ1n) is 9.28. The molecule has 2 aromatic heterocycles. The Bertz CT molecular complexity index is 757. The summed E-state index contributed by atoms with van der Waals surface area (Å²) < 4.78 is 5.79. The van der Waals surface area contributed by atoms with E-state index in [9.17, 15) is 4.79 Å². The van der Waals surface area contributed by atoms with Gasteiger partial charge in [-0.2, -0.15) is 0 Å². The molecule has 0 bridgehead atoms. The van der Waals surface area contributed by atoms with Gasteiger partial charge in [0.1, 0.15) is 5.76 Å². The number of nitrogens with zero attached hydrogens (tertiary/aromatic N) is 4. The van der Waals surface area contributed by atoms with Crippen molar-refractivity contribution in [3.8, 4) is 0 Å². The molecule has 0 N–H and O–H groups in total. The third-order valence-corrected chi connectivity index (χ3v) is 4.75. The van der Waals surface area contributed by atoms with E-state index in [1.807, 2.05) is 19.2 Å². The SMILES string of the molecule is CN(C(=O)CCc1ncc(C(C)(C)C)o1)c1cccnc1N1CCCC1. The molecule has 0 radical (unpaired) electrons. The lowest BCUT2D eigenvalue weighted by Gasteiger charge is -2.25. The predicted octanol–water partition coefficient (Wildman–Crippen LogP) is 3.56. The Morgan fingerprint density at radius 2 is 2.00 bits per heavy atom. The van der Waals surface area contributed by atoms with E-state index in [-0.39, 0.29) is 11.3 Å². The molecule has 0 saturated carbocycles. The lowest BCUT2D eigenvalue weighted by molar-refractivity contribution is -0.118. The van der Waals surface area contributed by atoms with E-state index in [1.54, 1.807) is 17.3 Å². The summed E-state index contributed by atoms with van der Waals surface area (Å²) in [5.41, 5.74) is 0.786. The van der Waals surface area contributed by atoms with Gasteiger partial charge in [-0.05, 0) is 25.0 Å². The fourth-order valence-electron chi connectivity index (χ4n) is 3.11. The Morgan fingerprint density at radius 1 is 1.27 bits per heavy atom. The van der Waals surface area contributed by atoms with Crippen LogP contribution in [0.15, 0.2) is 28.9 Å². The second-order valence-corrected chi connectivity index (χ2v) is 7.86. The zero-order chi connectivity index (χ0) is 18.7. The molecule has 0 unspecified atom stereocenters. The topological polar surface area (TPSA) is 62.5 Å². The summed E-state index contributed by atoms with van der Waals surface area (Å²) in [5, 5.41) is 0. The third kappa shape index (κ3) is 4.06. The number of hydrogen-bond acceptors (Lipinski definition) is 5. The maximum absolute atomic E-state index is 12.7. The summed E-state index contributed by atoms with van der Waals surface area (Å²) in [5.74, 6) is 2.39. The first-order chi connectivity index (χ1) is 12.4. The van der Waals surface area contributed by atoms with E-state index in [0.717, 1.165) is 30.4 Å². The van der Waals surface area contributed by atoms with Gasteiger partial charge in [0.25, 0.3) is 0 Å². The number of anilines is 2. The summed E-state index contributed by atoms with van der Waals surface area (Å²) in [6, 6.07) is 3.84. The molecule has 26 heavy (non-hydrogen) atoms. The Hall–Kier alpha value is -2.37. The van der Waals surface area contributed by atoms with E-state index in [1.165, 1.54) is 12.8 Å². The lowest BCUT2D eigenvalue weighted by Crippen LogP contribution is -2.30. The molecule has 1 amide bonds. The molecule has 3 rings (SSSR count). The molecule has 6 heteroatoms. The van der Waals surface area contributed by atoms with E-state index in [4.69, 9.17) is 4.42 Å². The number of hydrogen-bond donors (Lipinski definition) is 0. The minimum absolute atomic E-state index is 0.0361. The quantitative estimate of drug-likeness (QED) is 0.820. The summed E-state index contributed by atoms with van der Waals surface area (Å²) in [6.45, 7) is 8.24. The fraction of sp³-hybridized carbons (Fsp3) is 0.550. The minimum Gasteiger partial charge on any atom is -0.445 e. The summed E-state index contributed by atoms with van der Waals surface area (Å²) in [4.78, 5) is 25.5. The van der Waals surface area contributed by atoms with Crippen LogP contribution in [-0.4, -0.2) is 36.0 Å². The van der Waals surface area contributed by atoms with E-state index in [2.05, 4.69) is 35.6 Å². The smallest absolute Gasteiger partial charge is 0.227 e. The summed E-state index contributed by atoms with van der Waals surface area (Å²) in [6.07, 6.45) is 6.75. The standard InChI is InChI=1S/C20H28N4O2/c1-20(2,3)16-14-22-17(26-16)9-10-18(25)23(4)15-8-7-11-21-19(15)24-12-5-6-13-24/h7-8,11,14H,5-6,9-10,12-13H2,1-4H3. The van der Waals surface area contributed by atoms with Crippen molar-refractivity contribution in [2.45, 2.75) is 51.9 Å². The average molecular weight is 356 g/mol. The largest absolute Gasteiger partial charge is 0.445 e. The van der Waals surface area contributed by atoms with Crippen molar-refractivity contribution in [2.75, 3.05) is 29.9 Å². The number of oxazole rings is 1. The molecule has 1 aliphatic rings. The molecule has 2 aromatic rings. The van der Waals surface area contributed by atoms with Crippen LogP contribution in [0.25, 0.3) is 0 Å². The number of carbonyl (C=O) groups is 1. The molecule has 3 heterocycles. The summed E-state index contributed by atoms with van der Waals surface area (Å²) >= 11 is 0. The van der Waals surface area contributed by atoms with Crippen LogP contribution in [0.3, 0.4) is 0 Å². The van der Waals surface area contributed by atoms with Crippen LogP contribution in [0, 0.1) is 0 Å². The van der Waals surface area contributed by atoms with Crippen molar-refractivity contribution in [3.63, 3.8) is 0 Å². The van der Waals surface area contributed by atoms with Crippen LogP contribution in [-0.2, 0) is 16.6 Å². The number of carbonyl (C=O) groups excluding carboxylic acids is 1. The highest BCUT2D eigenvalue weighted by Crippen LogP contribution is 2.29. The molecule has 1 aliphatic heterocycles. The second kappa shape index (κ2) is 7.48. The average Bonchev–Trinajstić information content (AvgIpc) is 3.30. The van der Waals surface area contributed by atoms with Crippen LogP contribution >= 0.6 is 0 Å². The Kier molecular flexibility index (Phi) is 5.30. The highest BCUT2D eigenvalue weighted by atomic mass is 16.4. The van der Waals surface area contributed by atoms with E-state index in [0.29, 0.717) is 18.7 Å². The van der Waals surface area contributed by atoms with Crippen LogP contribution in [0.2, 0.25) is 0 Å². The molecule has 0 aromatic carbocycles. The van der Waals surface area contributed by atoms with E-state index < -0.39 is 0 Å². The highest BCUT2D eigenvalue weighted by molar-refractivity contribution is 5.95. The Morgan fingerprint density at radius 3 is 2.65 bits per heavy atom. The number of aromatic nitrogens is 2. The zero-order valence-corrected chi connectivity index (χ0v) is 16.2. The third-order valence-electron chi connectivity index (χ3n) is 4.75. The molecule has 6 nitrogen and oxygen atoms in total. The van der Waals surface area contributed by atoms with Gasteiger partial charge in [-0.25, -0.2) is 9.97 Å². The maximum atomic E-state index is 12.7. The number of rotatable bonds is 5. The van der Waals surface area contributed by atoms with Gasteiger partial charge in [0.2, 0.25) is 5.91 Å². The van der Waals surface area contributed by atoms with Crippen molar-refractivity contribution >= 4 is 17.4 Å². The minimum atomic E-state index is -0.0770. The van der Waals surface area contributed by atoms with Gasteiger partial charge in [-0.1, -0.05) is 20.8 Å². The monoisotopic (exact) mass is 356 g/mol. The van der Waals surface area contributed by atoms with Gasteiger partial charge < -0.3 is 14.2 Å². The predicted molar refractivity (Wildman–Crippen MR) is 103 cm³/mol. The van der Waals surface area contributed by atoms with Gasteiger partial charge in [0, 0.05) is 44.6 Å². The molecule has 1 fully saturated rings. The normalized spacial score (nSPS) is 14.7. The Labute approximate surface area is 155 Å². The van der Waals surface area contributed by atoms with Gasteiger partial charge in [0.15, 0.2) is 11.7 Å². The molecule has 0 atom stereocenters. The van der Waals surface area contributed by atoms with Gasteiger partial charge in [-0.15, -0.1) is 0 Å². The van der Waals surface area contributed by atoms with Crippen molar-refractivity contribution in [3.05, 3.63) is 36.2 Å². The first-order valence-corrected chi connectivity index (χ1v) is 9.28. The highest BCUT2D eigenvalue weighted by Gasteiger charge is 2.23. The molecule has 140 valence electrons. The lowest BCUT2D eigenvalue weighted by atomic mass is 9.94. The molecule has 0 spiro atoms. The van der Waals surface area contributed by atoms with Crippen molar-refractivity contribution in [2.24, 2.45) is 0 Å². The van der Waals surface area contributed by atoms with Gasteiger partial charge in [-0.3, -0.25) is 4.79 Å². The number of amides is 1. The van der Waals surface area contributed by atoms with Gasteiger partial charge >= 0.3 is 0 Å². The van der Waals surface area contributed by atoms with Crippen LogP contribution in [0.1, 0.15) is 51.7 Å². The maximum Gasteiger partial charge on any atom is 0.227 e. The molecular weight excluding hydrogens is 328 g/mol. The van der Waals surface area contributed by atoms with E-state index >= 15 is 0 Å². The van der Waals surface area contributed by atoms with Crippen molar-refractivity contribution in [1.82, 2.24) is 9.97 Å². The Balaban J connectivity index is 1.66. The van der Waals surface area contributed by atoms with Crippen LogP contribution in [0.4, 0.5) is 11.5 Å². The zero-order valence-electron chi connectivity index (χ0n) is 16.2. The van der Waals surface area contributed by atoms with Crippen LogP contribution in [0.5, 0.6) is 0 Å². The van der Waals surface area contributed by atoms with Crippen molar-refractivity contribution < 1.29 is 9.21 Å². The fourth-order valence-corrected chi connectivity index (χ4v) is 3.11. The number of aryl methyl sites for hydroxylation is 1. The first kappa shape index (κ1) is 18.4. The van der Waals surface area contributed by atoms with Crippen LogP contribution < -0.4 is 9.80 Å². The molecule has 1 saturated heterocycles.